The minimum absolute atomic E-state index is 0.340. The molecule has 0 atom stereocenters. The number of halogens is 2. The number of aromatic nitrogens is 4. The lowest BCUT2D eigenvalue weighted by Gasteiger charge is -2.20. The number of imidazole rings is 1. The number of hydrogen-bond donors (Lipinski definition) is 0. The average Bonchev–Trinajstić information content (AvgIpc) is 3.92. The predicted molar refractivity (Wildman–Crippen MR) is 221 cm³/mol. The van der Waals surface area contributed by atoms with Crippen LogP contribution in [0.3, 0.4) is 0 Å². The standard InChI is InChI=1S/C35H31Cl2N3O4.C9H13NO2/c1-35(2,3)44-34(42)40-19-5-6-31(40)25-12-7-23(8-13-25)11-18-32-38-30(28-17-16-27(36)20-29(28)37)22-39(32)21-24-9-14-26(15-10-24)33(41)43-4;1-9(2,3)12-8(11)10-6-4-5-7-10/h5-20,22H,21H2,1-4H3;4-7H,1-3H3/b18-11+;. The van der Waals surface area contributed by atoms with Crippen LogP contribution in [0, 0.1) is 0 Å². The Bertz CT molecular complexity index is 2310. The summed E-state index contributed by atoms with van der Waals surface area (Å²) in [5.41, 5.74) is 4.49. The highest BCUT2D eigenvalue weighted by molar-refractivity contribution is 6.36. The van der Waals surface area contributed by atoms with Crippen LogP contribution in [-0.4, -0.2) is 55.2 Å². The first-order chi connectivity index (χ1) is 26.5. The molecule has 0 bridgehead atoms. The number of rotatable bonds is 7. The molecule has 0 aliphatic heterocycles. The highest BCUT2D eigenvalue weighted by Gasteiger charge is 2.20. The van der Waals surface area contributed by atoms with Crippen LogP contribution in [0.5, 0.6) is 0 Å². The fraction of sp³-hybridized carbons (Fsp3) is 0.227. The SMILES string of the molecule is CC(C)(C)OC(=O)n1cccc1.COC(=O)c1ccc(Cn2cc(-c3ccc(Cl)cc3Cl)nc2/C=C/c2ccc(-c3cccn3C(=O)OC(C)(C)C)cc2)cc1. The fourth-order valence-corrected chi connectivity index (χ4v) is 5.88. The molecule has 3 aromatic heterocycles. The maximum atomic E-state index is 12.7. The number of methoxy groups -OCH3 is 1. The van der Waals surface area contributed by atoms with E-state index in [1.807, 2.05) is 119 Å². The van der Waals surface area contributed by atoms with Crippen LogP contribution in [0.15, 0.2) is 116 Å². The van der Waals surface area contributed by atoms with Crippen LogP contribution in [0.25, 0.3) is 34.7 Å². The molecule has 3 heterocycles. The Kier molecular flexibility index (Phi) is 13.1. The van der Waals surface area contributed by atoms with Gasteiger partial charge < -0.3 is 18.8 Å². The number of nitrogens with zero attached hydrogens (tertiary/aromatic N) is 4. The third kappa shape index (κ3) is 11.3. The van der Waals surface area contributed by atoms with Gasteiger partial charge in [0.2, 0.25) is 0 Å². The van der Waals surface area contributed by atoms with Gasteiger partial charge in [-0.25, -0.2) is 19.4 Å². The molecule has 6 aromatic rings. The van der Waals surface area contributed by atoms with E-state index in [1.54, 1.807) is 55.0 Å². The highest BCUT2D eigenvalue weighted by Crippen LogP contribution is 2.31. The van der Waals surface area contributed by atoms with Crippen LogP contribution in [0.1, 0.15) is 68.9 Å². The number of ether oxygens (including phenoxy) is 3. The zero-order chi connectivity index (χ0) is 40.6. The van der Waals surface area contributed by atoms with Gasteiger partial charge in [-0.2, -0.15) is 0 Å². The summed E-state index contributed by atoms with van der Waals surface area (Å²) in [5, 5.41) is 1.05. The van der Waals surface area contributed by atoms with Crippen molar-refractivity contribution in [2.24, 2.45) is 0 Å². The van der Waals surface area contributed by atoms with Crippen LogP contribution in [0.4, 0.5) is 9.59 Å². The molecule has 12 heteroatoms. The van der Waals surface area contributed by atoms with E-state index in [0.29, 0.717) is 33.7 Å². The molecular weight excluding hydrogens is 751 g/mol. The molecule has 0 spiro atoms. The Morgan fingerprint density at radius 3 is 2.00 bits per heavy atom. The quantitative estimate of drug-likeness (QED) is 0.117. The Balaban J connectivity index is 0.000000427. The van der Waals surface area contributed by atoms with Gasteiger partial charge in [0.1, 0.15) is 17.0 Å². The summed E-state index contributed by atoms with van der Waals surface area (Å²) < 4.78 is 20.4. The Hall–Kier alpha value is -5.84. The first-order valence-electron chi connectivity index (χ1n) is 17.7. The van der Waals surface area contributed by atoms with Crippen molar-refractivity contribution in [3.63, 3.8) is 0 Å². The topological polar surface area (TPSA) is 107 Å². The van der Waals surface area contributed by atoms with Crippen LogP contribution < -0.4 is 0 Å². The predicted octanol–water partition coefficient (Wildman–Crippen LogP) is 11.4. The van der Waals surface area contributed by atoms with E-state index in [9.17, 15) is 14.4 Å². The second-order valence-corrected chi connectivity index (χ2v) is 15.5. The smallest absolute Gasteiger partial charge is 0.418 e. The van der Waals surface area contributed by atoms with Crippen molar-refractivity contribution in [2.75, 3.05) is 7.11 Å². The molecule has 0 fully saturated rings. The fourth-order valence-electron chi connectivity index (χ4n) is 5.37. The molecule has 0 unspecified atom stereocenters. The summed E-state index contributed by atoms with van der Waals surface area (Å²) in [7, 11) is 1.36. The van der Waals surface area contributed by atoms with Crippen molar-refractivity contribution in [1.82, 2.24) is 18.7 Å². The van der Waals surface area contributed by atoms with Crippen molar-refractivity contribution in [1.29, 1.82) is 0 Å². The molecule has 290 valence electrons. The van der Waals surface area contributed by atoms with E-state index in [4.69, 9.17) is 42.4 Å². The van der Waals surface area contributed by atoms with Gasteiger partial charge >= 0.3 is 18.2 Å². The number of esters is 1. The van der Waals surface area contributed by atoms with E-state index in [2.05, 4.69) is 0 Å². The summed E-state index contributed by atoms with van der Waals surface area (Å²) in [6, 6.07) is 27.7. The third-order valence-electron chi connectivity index (χ3n) is 7.92. The van der Waals surface area contributed by atoms with Gasteiger partial charge in [-0.05, 0) is 119 Å². The van der Waals surface area contributed by atoms with Crippen molar-refractivity contribution in [3.8, 4) is 22.5 Å². The lowest BCUT2D eigenvalue weighted by atomic mass is 10.1. The van der Waals surface area contributed by atoms with E-state index in [1.165, 1.54) is 16.2 Å². The van der Waals surface area contributed by atoms with Crippen LogP contribution in [-0.2, 0) is 20.8 Å². The summed E-state index contributed by atoms with van der Waals surface area (Å²) in [4.78, 5) is 40.7. The minimum atomic E-state index is -0.593. The van der Waals surface area contributed by atoms with Gasteiger partial charge in [0, 0.05) is 41.9 Å². The normalized spacial score (nSPS) is 11.5. The van der Waals surface area contributed by atoms with E-state index >= 15 is 0 Å². The largest absolute Gasteiger partial charge is 0.465 e. The minimum Gasteiger partial charge on any atom is -0.465 e. The molecule has 6 rings (SSSR count). The van der Waals surface area contributed by atoms with Gasteiger partial charge in [-0.15, -0.1) is 0 Å². The molecule has 0 N–H and O–H groups in total. The molecule has 0 amide bonds. The van der Waals surface area contributed by atoms with Gasteiger partial charge in [-0.1, -0.05) is 65.7 Å². The first kappa shape index (κ1) is 41.3. The summed E-state index contributed by atoms with van der Waals surface area (Å²) in [5.74, 6) is 0.331. The number of carbonyl (C=O) groups is 3. The van der Waals surface area contributed by atoms with E-state index in [0.717, 1.165) is 27.9 Å². The van der Waals surface area contributed by atoms with Gasteiger partial charge in [0.05, 0.1) is 29.1 Å². The maximum absolute atomic E-state index is 12.7. The van der Waals surface area contributed by atoms with Crippen molar-refractivity contribution < 1.29 is 28.6 Å². The van der Waals surface area contributed by atoms with Gasteiger partial charge in [0.15, 0.2) is 0 Å². The molecule has 0 radical (unpaired) electrons. The lowest BCUT2D eigenvalue weighted by Crippen LogP contribution is -2.27. The lowest BCUT2D eigenvalue weighted by molar-refractivity contribution is 0.0527. The molecule has 0 aliphatic carbocycles. The monoisotopic (exact) mass is 794 g/mol. The zero-order valence-corrected chi connectivity index (χ0v) is 33.8. The molecule has 0 aliphatic rings. The molecule has 10 nitrogen and oxygen atoms in total. The molecule has 0 saturated carbocycles. The number of benzene rings is 3. The third-order valence-corrected chi connectivity index (χ3v) is 8.47. The summed E-state index contributed by atoms with van der Waals surface area (Å²) in [6.07, 6.45) is 10.1. The molecular formula is C44H44Cl2N4O6. The van der Waals surface area contributed by atoms with Crippen molar-refractivity contribution >= 4 is 53.5 Å². The Morgan fingerprint density at radius 1 is 0.750 bits per heavy atom. The highest BCUT2D eigenvalue weighted by atomic mass is 35.5. The molecule has 56 heavy (non-hydrogen) atoms. The van der Waals surface area contributed by atoms with Crippen molar-refractivity contribution in [2.45, 2.75) is 59.3 Å². The second kappa shape index (κ2) is 17.7. The summed E-state index contributed by atoms with van der Waals surface area (Å²) in [6.45, 7) is 11.6. The van der Waals surface area contributed by atoms with Crippen LogP contribution in [0.2, 0.25) is 10.0 Å². The second-order valence-electron chi connectivity index (χ2n) is 14.7. The maximum Gasteiger partial charge on any atom is 0.418 e. The number of carbonyl (C=O) groups excluding carboxylic acids is 3. The molecule has 3 aromatic carbocycles. The first-order valence-corrected chi connectivity index (χ1v) is 18.5. The van der Waals surface area contributed by atoms with Crippen LogP contribution >= 0.6 is 23.2 Å². The summed E-state index contributed by atoms with van der Waals surface area (Å²) >= 11 is 12.6. The van der Waals surface area contributed by atoms with E-state index in [-0.39, 0.29) is 12.1 Å². The Morgan fingerprint density at radius 2 is 1.39 bits per heavy atom. The zero-order valence-electron chi connectivity index (χ0n) is 32.3. The molecule has 0 saturated heterocycles. The van der Waals surface area contributed by atoms with Crippen molar-refractivity contribution in [3.05, 3.63) is 148 Å². The van der Waals surface area contributed by atoms with E-state index < -0.39 is 17.3 Å². The van der Waals surface area contributed by atoms with Gasteiger partial charge in [0.25, 0.3) is 0 Å². The van der Waals surface area contributed by atoms with Gasteiger partial charge in [-0.3, -0.25) is 9.13 Å². The Labute approximate surface area is 336 Å². The average molecular weight is 796 g/mol. The number of hydrogen-bond acceptors (Lipinski definition) is 7.